The highest BCUT2D eigenvalue weighted by atomic mass is 16.3. The van der Waals surface area contributed by atoms with Crippen molar-refractivity contribution < 1.29 is 5.11 Å². The Balaban J connectivity index is 3.93. The monoisotopic (exact) mass is 202 g/mol. The van der Waals surface area contributed by atoms with Gasteiger partial charge in [-0.25, -0.2) is 0 Å². The number of nitrogens with one attached hydrogen (secondary N) is 1. The third-order valence-electron chi connectivity index (χ3n) is 2.36. The Kier molecular flexibility index (Phi) is 5.64. The van der Waals surface area contributed by atoms with Crippen LogP contribution in [-0.4, -0.2) is 47.8 Å². The standard InChI is InChI=1S/C11H26N2O/c1-9(2)12-7-11(5,14)8-13(6)10(3)4/h9-10,12,14H,7-8H2,1-6H3. The van der Waals surface area contributed by atoms with E-state index in [1.54, 1.807) is 0 Å². The van der Waals surface area contributed by atoms with E-state index < -0.39 is 5.60 Å². The molecular formula is C11H26N2O. The van der Waals surface area contributed by atoms with Gasteiger partial charge >= 0.3 is 0 Å². The highest BCUT2D eigenvalue weighted by Gasteiger charge is 2.23. The van der Waals surface area contributed by atoms with Crippen molar-refractivity contribution >= 4 is 0 Å². The lowest BCUT2D eigenvalue weighted by atomic mass is 10.1. The van der Waals surface area contributed by atoms with E-state index >= 15 is 0 Å². The number of hydrogen-bond donors (Lipinski definition) is 2. The highest BCUT2D eigenvalue weighted by Crippen LogP contribution is 2.06. The van der Waals surface area contributed by atoms with E-state index in [9.17, 15) is 5.11 Å². The van der Waals surface area contributed by atoms with Crippen LogP contribution >= 0.6 is 0 Å². The van der Waals surface area contributed by atoms with Gasteiger partial charge in [0.25, 0.3) is 0 Å². The summed E-state index contributed by atoms with van der Waals surface area (Å²) in [5.41, 5.74) is -0.650. The molecule has 3 nitrogen and oxygen atoms in total. The molecule has 0 saturated heterocycles. The molecule has 0 aromatic heterocycles. The molecule has 1 unspecified atom stereocenters. The molecule has 2 N–H and O–H groups in total. The Morgan fingerprint density at radius 3 is 2.14 bits per heavy atom. The molecule has 0 fully saturated rings. The van der Waals surface area contributed by atoms with E-state index in [1.165, 1.54) is 0 Å². The topological polar surface area (TPSA) is 35.5 Å². The maximum absolute atomic E-state index is 10.1. The van der Waals surface area contributed by atoms with E-state index in [1.807, 2.05) is 14.0 Å². The summed E-state index contributed by atoms with van der Waals surface area (Å²) >= 11 is 0. The van der Waals surface area contributed by atoms with Crippen molar-refractivity contribution in [2.45, 2.75) is 52.3 Å². The molecule has 0 heterocycles. The Hall–Kier alpha value is -0.120. The molecule has 86 valence electrons. The average Bonchev–Trinajstić information content (AvgIpc) is 2.00. The van der Waals surface area contributed by atoms with Crippen molar-refractivity contribution in [3.63, 3.8) is 0 Å². The van der Waals surface area contributed by atoms with E-state index in [2.05, 4.69) is 37.9 Å². The fourth-order valence-electron chi connectivity index (χ4n) is 1.20. The van der Waals surface area contributed by atoms with Crippen LogP contribution in [0, 0.1) is 0 Å². The molecular weight excluding hydrogens is 176 g/mol. The maximum Gasteiger partial charge on any atom is 0.0869 e. The molecule has 0 aromatic carbocycles. The molecule has 0 amide bonds. The minimum absolute atomic E-state index is 0.422. The van der Waals surface area contributed by atoms with Gasteiger partial charge in [0, 0.05) is 25.2 Å². The molecule has 3 heteroatoms. The molecule has 1 atom stereocenters. The summed E-state index contributed by atoms with van der Waals surface area (Å²) in [6.07, 6.45) is 0. The van der Waals surface area contributed by atoms with Crippen LogP contribution in [0.25, 0.3) is 0 Å². The number of aliphatic hydroxyl groups is 1. The fourth-order valence-corrected chi connectivity index (χ4v) is 1.20. The van der Waals surface area contributed by atoms with Crippen LogP contribution in [0.4, 0.5) is 0 Å². The number of rotatable bonds is 6. The zero-order valence-electron chi connectivity index (χ0n) is 10.5. The van der Waals surface area contributed by atoms with Crippen LogP contribution in [-0.2, 0) is 0 Å². The molecule has 0 saturated carbocycles. The molecule has 0 radical (unpaired) electrons. The molecule has 0 rings (SSSR count). The summed E-state index contributed by atoms with van der Waals surface area (Å²) < 4.78 is 0. The summed E-state index contributed by atoms with van der Waals surface area (Å²) in [6, 6.07) is 0.895. The predicted octanol–water partition coefficient (Wildman–Crippen LogP) is 1.08. The second kappa shape index (κ2) is 5.69. The minimum atomic E-state index is -0.650. The Labute approximate surface area is 88.5 Å². The third kappa shape index (κ3) is 6.35. The van der Waals surface area contributed by atoms with Crippen LogP contribution in [0.5, 0.6) is 0 Å². The SMILES string of the molecule is CC(C)NCC(C)(O)CN(C)C(C)C. The highest BCUT2D eigenvalue weighted by molar-refractivity contribution is 4.80. The van der Waals surface area contributed by atoms with Gasteiger partial charge in [0.05, 0.1) is 5.60 Å². The Morgan fingerprint density at radius 2 is 1.79 bits per heavy atom. The summed E-state index contributed by atoms with van der Waals surface area (Å²) in [5.74, 6) is 0. The summed E-state index contributed by atoms with van der Waals surface area (Å²) in [5, 5.41) is 13.3. The van der Waals surface area contributed by atoms with E-state index in [0.717, 1.165) is 0 Å². The first kappa shape index (κ1) is 13.9. The van der Waals surface area contributed by atoms with Gasteiger partial charge < -0.3 is 15.3 Å². The van der Waals surface area contributed by atoms with Crippen LogP contribution < -0.4 is 5.32 Å². The first-order chi connectivity index (χ1) is 6.24. The van der Waals surface area contributed by atoms with E-state index in [0.29, 0.717) is 25.2 Å². The second-order valence-corrected chi connectivity index (χ2v) is 5.04. The lowest BCUT2D eigenvalue weighted by molar-refractivity contribution is 0.0183. The van der Waals surface area contributed by atoms with Crippen molar-refractivity contribution in [1.29, 1.82) is 0 Å². The zero-order valence-corrected chi connectivity index (χ0v) is 10.5. The van der Waals surface area contributed by atoms with Gasteiger partial charge in [-0.05, 0) is 27.8 Å². The van der Waals surface area contributed by atoms with Crippen LogP contribution in [0.2, 0.25) is 0 Å². The normalized spacial score (nSPS) is 16.7. The summed E-state index contributed by atoms with van der Waals surface area (Å²) in [7, 11) is 2.04. The number of likely N-dealkylation sites (N-methyl/N-ethyl adjacent to an activating group) is 1. The lowest BCUT2D eigenvalue weighted by Gasteiger charge is -2.32. The fraction of sp³-hybridized carbons (Fsp3) is 1.00. The van der Waals surface area contributed by atoms with E-state index in [4.69, 9.17) is 0 Å². The van der Waals surface area contributed by atoms with Crippen LogP contribution in [0.3, 0.4) is 0 Å². The van der Waals surface area contributed by atoms with Gasteiger partial charge in [-0.2, -0.15) is 0 Å². The van der Waals surface area contributed by atoms with Gasteiger partial charge in [0.2, 0.25) is 0 Å². The Bertz CT molecular complexity index is 155. The van der Waals surface area contributed by atoms with Crippen LogP contribution in [0.15, 0.2) is 0 Å². The molecule has 0 aromatic rings. The lowest BCUT2D eigenvalue weighted by Crippen LogP contribution is -2.49. The van der Waals surface area contributed by atoms with Crippen molar-refractivity contribution in [1.82, 2.24) is 10.2 Å². The van der Waals surface area contributed by atoms with Crippen molar-refractivity contribution in [2.24, 2.45) is 0 Å². The average molecular weight is 202 g/mol. The zero-order chi connectivity index (χ0) is 11.4. The van der Waals surface area contributed by atoms with Crippen LogP contribution in [0.1, 0.15) is 34.6 Å². The quantitative estimate of drug-likeness (QED) is 0.676. The van der Waals surface area contributed by atoms with Gasteiger partial charge in [-0.3, -0.25) is 0 Å². The number of hydrogen-bond acceptors (Lipinski definition) is 3. The maximum atomic E-state index is 10.1. The largest absolute Gasteiger partial charge is 0.388 e. The first-order valence-electron chi connectivity index (χ1n) is 5.40. The second-order valence-electron chi connectivity index (χ2n) is 5.04. The number of nitrogens with zero attached hydrogens (tertiary/aromatic N) is 1. The molecule has 0 spiro atoms. The van der Waals surface area contributed by atoms with Crippen molar-refractivity contribution in [3.05, 3.63) is 0 Å². The molecule has 0 aliphatic carbocycles. The van der Waals surface area contributed by atoms with Gasteiger partial charge in [-0.15, -0.1) is 0 Å². The van der Waals surface area contributed by atoms with Gasteiger partial charge in [0.1, 0.15) is 0 Å². The summed E-state index contributed by atoms with van der Waals surface area (Å²) in [6.45, 7) is 11.6. The van der Waals surface area contributed by atoms with Gasteiger partial charge in [0.15, 0.2) is 0 Å². The Morgan fingerprint density at radius 1 is 1.29 bits per heavy atom. The van der Waals surface area contributed by atoms with Crippen molar-refractivity contribution in [2.75, 3.05) is 20.1 Å². The first-order valence-corrected chi connectivity index (χ1v) is 5.40. The van der Waals surface area contributed by atoms with Gasteiger partial charge in [-0.1, -0.05) is 13.8 Å². The molecule has 14 heavy (non-hydrogen) atoms. The summed E-state index contributed by atoms with van der Waals surface area (Å²) in [4.78, 5) is 2.15. The smallest absolute Gasteiger partial charge is 0.0869 e. The minimum Gasteiger partial charge on any atom is -0.388 e. The molecule has 0 bridgehead atoms. The van der Waals surface area contributed by atoms with Crippen molar-refractivity contribution in [3.8, 4) is 0 Å². The molecule has 0 aliphatic heterocycles. The predicted molar refractivity (Wildman–Crippen MR) is 61.5 cm³/mol. The third-order valence-corrected chi connectivity index (χ3v) is 2.36. The van der Waals surface area contributed by atoms with E-state index in [-0.39, 0.29) is 0 Å². The molecule has 0 aliphatic rings.